The maximum Gasteiger partial charge on any atom is 0.231 e. The number of rotatable bonds is 7. The average Bonchev–Trinajstić information content (AvgIpc) is 3.29. The van der Waals surface area contributed by atoms with E-state index < -0.39 is 0 Å². The van der Waals surface area contributed by atoms with Gasteiger partial charge in [-0.15, -0.1) is 12.4 Å². The Bertz CT molecular complexity index is 938. The van der Waals surface area contributed by atoms with Crippen molar-refractivity contribution in [3.63, 3.8) is 0 Å². The van der Waals surface area contributed by atoms with E-state index in [1.807, 2.05) is 30.3 Å². The zero-order valence-corrected chi connectivity index (χ0v) is 16.8. The van der Waals surface area contributed by atoms with Gasteiger partial charge in [-0.1, -0.05) is 18.2 Å². The minimum atomic E-state index is 0. The highest BCUT2D eigenvalue weighted by molar-refractivity contribution is 5.85. The van der Waals surface area contributed by atoms with Crippen LogP contribution in [0.25, 0.3) is 0 Å². The third-order valence-corrected chi connectivity index (χ3v) is 4.80. The van der Waals surface area contributed by atoms with Crippen LogP contribution in [0.1, 0.15) is 22.4 Å². The van der Waals surface area contributed by atoms with Crippen LogP contribution >= 0.6 is 12.4 Å². The summed E-state index contributed by atoms with van der Waals surface area (Å²) in [4.78, 5) is 0. The van der Waals surface area contributed by atoms with Crippen molar-refractivity contribution in [1.29, 1.82) is 0 Å². The number of methoxy groups -OCH3 is 1. The summed E-state index contributed by atoms with van der Waals surface area (Å²) in [6.45, 7) is 4.34. The van der Waals surface area contributed by atoms with Crippen molar-refractivity contribution >= 4 is 12.4 Å². The summed E-state index contributed by atoms with van der Waals surface area (Å²) in [7, 11) is 1.69. The quantitative estimate of drug-likeness (QED) is 0.574. The Hall–Kier alpha value is -2.63. The number of hydrogen-bond acceptors (Lipinski definition) is 4. The summed E-state index contributed by atoms with van der Waals surface area (Å²) in [6, 6.07) is 16.2. The van der Waals surface area contributed by atoms with Gasteiger partial charge in [0.1, 0.15) is 5.75 Å². The summed E-state index contributed by atoms with van der Waals surface area (Å²) < 4.78 is 24.2. The molecule has 0 saturated carbocycles. The van der Waals surface area contributed by atoms with E-state index in [1.54, 1.807) is 7.11 Å². The molecule has 3 aromatic rings. The molecule has 0 fully saturated rings. The van der Waals surface area contributed by atoms with Gasteiger partial charge in [0.25, 0.3) is 0 Å². The molecule has 0 spiro atoms. The second kappa shape index (κ2) is 9.04. The number of nitrogens with zero attached hydrogens (tertiary/aromatic N) is 1. The Balaban J connectivity index is 0.00000225. The Morgan fingerprint density at radius 3 is 2.68 bits per heavy atom. The molecule has 0 radical (unpaired) electrons. The van der Waals surface area contributed by atoms with Gasteiger partial charge in [0, 0.05) is 18.4 Å². The SMILES string of the molecule is COc1cccc(Cn2ccc(COCc3ccc4c(c3)OCO4)c2C)c1.Cl. The first-order valence-electron chi connectivity index (χ1n) is 8.97. The Kier molecular flexibility index (Phi) is 6.49. The van der Waals surface area contributed by atoms with Gasteiger partial charge in [-0.3, -0.25) is 0 Å². The zero-order chi connectivity index (χ0) is 18.6. The van der Waals surface area contributed by atoms with Gasteiger partial charge >= 0.3 is 0 Å². The van der Waals surface area contributed by atoms with E-state index in [-0.39, 0.29) is 12.4 Å². The monoisotopic (exact) mass is 401 g/mol. The summed E-state index contributed by atoms with van der Waals surface area (Å²) in [5.74, 6) is 2.46. The van der Waals surface area contributed by atoms with Gasteiger partial charge in [0.2, 0.25) is 6.79 Å². The largest absolute Gasteiger partial charge is 0.497 e. The lowest BCUT2D eigenvalue weighted by Crippen LogP contribution is -2.02. The summed E-state index contributed by atoms with van der Waals surface area (Å²) in [5.41, 5.74) is 4.69. The van der Waals surface area contributed by atoms with Crippen molar-refractivity contribution in [2.75, 3.05) is 13.9 Å². The Morgan fingerprint density at radius 1 is 0.964 bits per heavy atom. The topological polar surface area (TPSA) is 41.9 Å². The maximum absolute atomic E-state index is 5.92. The van der Waals surface area contributed by atoms with Crippen LogP contribution in [0, 0.1) is 6.92 Å². The number of hydrogen-bond donors (Lipinski definition) is 0. The van der Waals surface area contributed by atoms with Crippen LogP contribution in [0.3, 0.4) is 0 Å². The van der Waals surface area contributed by atoms with E-state index in [9.17, 15) is 0 Å². The first-order valence-corrected chi connectivity index (χ1v) is 8.97. The molecule has 0 atom stereocenters. The normalized spacial score (nSPS) is 11.9. The summed E-state index contributed by atoms with van der Waals surface area (Å²) in [6.07, 6.45) is 2.11. The number of halogens is 1. The molecule has 2 heterocycles. The van der Waals surface area contributed by atoms with E-state index in [1.165, 1.54) is 16.8 Å². The maximum atomic E-state index is 5.92. The molecule has 1 aliphatic rings. The highest BCUT2D eigenvalue weighted by atomic mass is 35.5. The molecule has 1 aromatic heterocycles. The number of ether oxygens (including phenoxy) is 4. The van der Waals surface area contributed by atoms with Crippen molar-refractivity contribution in [2.24, 2.45) is 0 Å². The van der Waals surface area contributed by atoms with Crippen LogP contribution < -0.4 is 14.2 Å². The molecule has 0 N–H and O–H groups in total. The molecule has 0 saturated heterocycles. The second-order valence-electron chi connectivity index (χ2n) is 6.59. The van der Waals surface area contributed by atoms with Crippen LogP contribution in [0.15, 0.2) is 54.7 Å². The van der Waals surface area contributed by atoms with Crippen LogP contribution in [-0.4, -0.2) is 18.5 Å². The predicted molar refractivity (Wildman–Crippen MR) is 110 cm³/mol. The van der Waals surface area contributed by atoms with Gasteiger partial charge in [0.05, 0.1) is 20.3 Å². The van der Waals surface area contributed by atoms with Crippen LogP contribution in [0.5, 0.6) is 17.2 Å². The number of fused-ring (bicyclic) bond motifs is 1. The predicted octanol–water partition coefficient (Wildman–Crippen LogP) is 4.72. The molecular weight excluding hydrogens is 378 g/mol. The fourth-order valence-corrected chi connectivity index (χ4v) is 3.20. The first kappa shape index (κ1) is 20.1. The molecule has 148 valence electrons. The molecule has 4 rings (SSSR count). The van der Waals surface area contributed by atoms with E-state index in [0.717, 1.165) is 29.4 Å². The lowest BCUT2D eigenvalue weighted by molar-refractivity contribution is 0.106. The van der Waals surface area contributed by atoms with E-state index in [0.29, 0.717) is 20.0 Å². The van der Waals surface area contributed by atoms with Crippen LogP contribution in [-0.2, 0) is 24.5 Å². The molecule has 28 heavy (non-hydrogen) atoms. The molecule has 5 nitrogen and oxygen atoms in total. The highest BCUT2D eigenvalue weighted by Crippen LogP contribution is 2.32. The Labute approximate surface area is 171 Å². The third kappa shape index (κ3) is 4.43. The molecule has 0 unspecified atom stereocenters. The number of aromatic nitrogens is 1. The second-order valence-corrected chi connectivity index (χ2v) is 6.59. The van der Waals surface area contributed by atoms with Crippen molar-refractivity contribution in [1.82, 2.24) is 4.57 Å². The van der Waals surface area contributed by atoms with Gasteiger partial charge in [-0.05, 0) is 53.9 Å². The minimum absolute atomic E-state index is 0. The fourth-order valence-electron chi connectivity index (χ4n) is 3.20. The zero-order valence-electron chi connectivity index (χ0n) is 16.0. The average molecular weight is 402 g/mol. The molecule has 1 aliphatic heterocycles. The first-order chi connectivity index (χ1) is 13.2. The molecular formula is C22H24ClNO4. The molecule has 0 aliphatic carbocycles. The molecule has 2 aromatic carbocycles. The summed E-state index contributed by atoms with van der Waals surface area (Å²) in [5, 5.41) is 0. The minimum Gasteiger partial charge on any atom is -0.497 e. The van der Waals surface area contributed by atoms with Gasteiger partial charge < -0.3 is 23.5 Å². The van der Waals surface area contributed by atoms with Crippen molar-refractivity contribution in [3.8, 4) is 17.2 Å². The summed E-state index contributed by atoms with van der Waals surface area (Å²) >= 11 is 0. The van der Waals surface area contributed by atoms with E-state index in [4.69, 9.17) is 18.9 Å². The van der Waals surface area contributed by atoms with Crippen molar-refractivity contribution in [3.05, 3.63) is 77.1 Å². The molecule has 6 heteroatoms. The van der Waals surface area contributed by atoms with Crippen molar-refractivity contribution < 1.29 is 18.9 Å². The highest BCUT2D eigenvalue weighted by Gasteiger charge is 2.13. The van der Waals surface area contributed by atoms with E-state index in [2.05, 4.69) is 35.9 Å². The number of benzene rings is 2. The van der Waals surface area contributed by atoms with Crippen molar-refractivity contribution in [2.45, 2.75) is 26.7 Å². The van der Waals surface area contributed by atoms with Gasteiger partial charge in [-0.2, -0.15) is 0 Å². The van der Waals surface area contributed by atoms with Gasteiger partial charge in [0.15, 0.2) is 11.5 Å². The molecule has 0 amide bonds. The standard InChI is InChI=1S/C22H23NO4.ClH/c1-16-19(8-9-23(16)12-17-4-3-5-20(10-17)24-2)14-25-13-18-6-7-21-22(11-18)27-15-26-21;/h3-11H,12-15H2,1-2H3;1H. The fraction of sp³-hybridized carbons (Fsp3) is 0.273. The lowest BCUT2D eigenvalue weighted by Gasteiger charge is -2.10. The van der Waals surface area contributed by atoms with Crippen LogP contribution in [0.2, 0.25) is 0 Å². The van der Waals surface area contributed by atoms with E-state index >= 15 is 0 Å². The molecule has 0 bridgehead atoms. The Morgan fingerprint density at radius 2 is 1.82 bits per heavy atom. The third-order valence-electron chi connectivity index (χ3n) is 4.80. The van der Waals surface area contributed by atoms with Crippen LogP contribution in [0.4, 0.5) is 0 Å². The smallest absolute Gasteiger partial charge is 0.231 e. The van der Waals surface area contributed by atoms with Gasteiger partial charge in [-0.25, -0.2) is 0 Å². The lowest BCUT2D eigenvalue weighted by atomic mass is 10.2.